The molecule has 0 bridgehead atoms. The Balaban J connectivity index is 1.61. The fourth-order valence-electron chi connectivity index (χ4n) is 3.04. The molecule has 25 heavy (non-hydrogen) atoms. The van der Waals surface area contributed by atoms with Gasteiger partial charge in [0.2, 0.25) is 0 Å². The molecule has 4 rings (SSSR count). The Hall–Kier alpha value is -2.96. The van der Waals surface area contributed by atoms with Crippen molar-refractivity contribution in [1.29, 1.82) is 0 Å². The topological polar surface area (TPSA) is 75.6 Å². The standard InChI is InChI=1S/C18H18FN5O/c1-24-8-7-20-17(24)16(11-5-6-11)22-18(25)14-10-21-23-15(14)12-3-2-4-13(19)9-12/h2-4,7-11,16H,5-6H2,1H3,(H,21,23)(H,22,25)/t16-/m0/s1. The third-order valence-electron chi connectivity index (χ3n) is 4.51. The predicted molar refractivity (Wildman–Crippen MR) is 90.1 cm³/mol. The lowest BCUT2D eigenvalue weighted by molar-refractivity contribution is 0.0929. The van der Waals surface area contributed by atoms with Crippen LogP contribution >= 0.6 is 0 Å². The molecule has 2 heterocycles. The van der Waals surface area contributed by atoms with Crippen LogP contribution in [-0.4, -0.2) is 25.7 Å². The van der Waals surface area contributed by atoms with Gasteiger partial charge in [-0.3, -0.25) is 9.89 Å². The number of nitrogens with one attached hydrogen (secondary N) is 2. The van der Waals surface area contributed by atoms with Crippen LogP contribution in [0.25, 0.3) is 11.3 Å². The number of carbonyl (C=O) groups excluding carboxylic acids is 1. The van der Waals surface area contributed by atoms with E-state index in [-0.39, 0.29) is 17.8 Å². The number of benzene rings is 1. The van der Waals surface area contributed by atoms with Crippen LogP contribution < -0.4 is 5.32 Å². The van der Waals surface area contributed by atoms with Crippen molar-refractivity contribution in [3.8, 4) is 11.3 Å². The monoisotopic (exact) mass is 339 g/mol. The van der Waals surface area contributed by atoms with Crippen molar-refractivity contribution in [2.24, 2.45) is 13.0 Å². The number of imidazole rings is 1. The molecule has 0 aliphatic heterocycles. The maximum Gasteiger partial charge on any atom is 0.255 e. The molecule has 0 radical (unpaired) electrons. The quantitative estimate of drug-likeness (QED) is 0.750. The summed E-state index contributed by atoms with van der Waals surface area (Å²) in [5.41, 5.74) is 1.49. The lowest BCUT2D eigenvalue weighted by Gasteiger charge is -2.18. The Morgan fingerprint density at radius 3 is 2.96 bits per heavy atom. The van der Waals surface area contributed by atoms with E-state index in [9.17, 15) is 9.18 Å². The Morgan fingerprint density at radius 2 is 2.28 bits per heavy atom. The number of aromatic nitrogens is 4. The van der Waals surface area contributed by atoms with Gasteiger partial charge in [-0.25, -0.2) is 9.37 Å². The van der Waals surface area contributed by atoms with Crippen molar-refractivity contribution in [2.45, 2.75) is 18.9 Å². The van der Waals surface area contributed by atoms with Crippen LogP contribution in [0.3, 0.4) is 0 Å². The number of hydrogen-bond acceptors (Lipinski definition) is 3. The van der Waals surface area contributed by atoms with E-state index in [4.69, 9.17) is 0 Å². The third-order valence-corrected chi connectivity index (χ3v) is 4.51. The van der Waals surface area contributed by atoms with Gasteiger partial charge in [0, 0.05) is 25.0 Å². The average molecular weight is 339 g/mol. The largest absolute Gasteiger partial charge is 0.342 e. The molecular formula is C18H18FN5O. The molecule has 2 aromatic heterocycles. The number of aryl methyl sites for hydroxylation is 1. The maximum atomic E-state index is 13.5. The minimum atomic E-state index is -0.359. The average Bonchev–Trinajstić information content (AvgIpc) is 3.15. The number of H-pyrrole nitrogens is 1. The fraction of sp³-hybridized carbons (Fsp3) is 0.278. The van der Waals surface area contributed by atoms with Gasteiger partial charge in [0.25, 0.3) is 5.91 Å². The number of hydrogen-bond donors (Lipinski definition) is 2. The summed E-state index contributed by atoms with van der Waals surface area (Å²) in [5, 5.41) is 9.84. The Bertz CT molecular complexity index is 912. The molecule has 1 amide bonds. The first-order chi connectivity index (χ1) is 12.1. The zero-order chi connectivity index (χ0) is 17.4. The second kappa shape index (κ2) is 6.16. The first-order valence-corrected chi connectivity index (χ1v) is 8.21. The normalized spacial score (nSPS) is 15.1. The second-order valence-electron chi connectivity index (χ2n) is 6.35. The molecule has 0 unspecified atom stereocenters. The lowest BCUT2D eigenvalue weighted by Crippen LogP contribution is -2.31. The zero-order valence-electron chi connectivity index (χ0n) is 13.7. The van der Waals surface area contributed by atoms with Crippen molar-refractivity contribution >= 4 is 5.91 Å². The summed E-state index contributed by atoms with van der Waals surface area (Å²) < 4.78 is 15.4. The highest BCUT2D eigenvalue weighted by molar-refractivity contribution is 5.99. The van der Waals surface area contributed by atoms with Crippen LogP contribution in [0.2, 0.25) is 0 Å². The van der Waals surface area contributed by atoms with Gasteiger partial charge in [-0.15, -0.1) is 0 Å². The van der Waals surface area contributed by atoms with Crippen molar-refractivity contribution in [3.63, 3.8) is 0 Å². The molecule has 1 aliphatic rings. The van der Waals surface area contributed by atoms with Crippen molar-refractivity contribution in [1.82, 2.24) is 25.1 Å². The van der Waals surface area contributed by atoms with Gasteiger partial charge in [-0.05, 0) is 30.9 Å². The Labute approximate surface area is 144 Å². The van der Waals surface area contributed by atoms with Gasteiger partial charge in [0.05, 0.1) is 23.5 Å². The maximum absolute atomic E-state index is 13.5. The summed E-state index contributed by atoms with van der Waals surface area (Å²) >= 11 is 0. The molecule has 1 aliphatic carbocycles. The number of amides is 1. The van der Waals surface area contributed by atoms with Crippen LogP contribution in [0.15, 0.2) is 42.9 Å². The first kappa shape index (κ1) is 15.6. The van der Waals surface area contributed by atoms with E-state index >= 15 is 0 Å². The molecule has 3 aromatic rings. The molecule has 1 aromatic carbocycles. The highest BCUT2D eigenvalue weighted by Crippen LogP contribution is 2.40. The van der Waals surface area contributed by atoms with E-state index in [0.717, 1.165) is 18.7 Å². The van der Waals surface area contributed by atoms with Gasteiger partial charge in [-0.2, -0.15) is 5.10 Å². The number of aromatic amines is 1. The van der Waals surface area contributed by atoms with E-state index in [0.29, 0.717) is 22.7 Å². The van der Waals surface area contributed by atoms with Crippen molar-refractivity contribution < 1.29 is 9.18 Å². The SMILES string of the molecule is Cn1ccnc1[C@@H](NC(=O)c1cn[nH]c1-c1cccc(F)c1)C1CC1. The molecule has 1 fully saturated rings. The highest BCUT2D eigenvalue weighted by Gasteiger charge is 2.36. The molecule has 128 valence electrons. The van der Waals surface area contributed by atoms with Crippen LogP contribution in [-0.2, 0) is 7.05 Å². The highest BCUT2D eigenvalue weighted by atomic mass is 19.1. The summed E-state index contributed by atoms with van der Waals surface area (Å²) in [7, 11) is 1.92. The second-order valence-corrected chi connectivity index (χ2v) is 6.35. The number of halogens is 1. The summed E-state index contributed by atoms with van der Waals surface area (Å²) in [6, 6.07) is 5.95. The molecule has 7 heteroatoms. The van der Waals surface area contributed by atoms with Crippen molar-refractivity contribution in [2.75, 3.05) is 0 Å². The van der Waals surface area contributed by atoms with E-state index in [1.165, 1.54) is 18.3 Å². The smallest absolute Gasteiger partial charge is 0.255 e. The van der Waals surface area contributed by atoms with E-state index in [1.807, 2.05) is 17.8 Å². The van der Waals surface area contributed by atoms with Crippen molar-refractivity contribution in [3.05, 3.63) is 60.1 Å². The van der Waals surface area contributed by atoms with Gasteiger partial charge in [0.1, 0.15) is 11.6 Å². The molecule has 1 saturated carbocycles. The molecule has 6 nitrogen and oxygen atoms in total. The molecule has 2 N–H and O–H groups in total. The Morgan fingerprint density at radius 1 is 1.44 bits per heavy atom. The number of nitrogens with zero attached hydrogens (tertiary/aromatic N) is 3. The van der Waals surface area contributed by atoms with Crippen LogP contribution in [0.1, 0.15) is 35.1 Å². The molecule has 0 saturated heterocycles. The minimum Gasteiger partial charge on any atom is -0.342 e. The predicted octanol–water partition coefficient (Wildman–Crippen LogP) is 2.83. The third kappa shape index (κ3) is 3.05. The van der Waals surface area contributed by atoms with Gasteiger partial charge in [0.15, 0.2) is 0 Å². The summed E-state index contributed by atoms with van der Waals surface area (Å²) in [5.74, 6) is 0.636. The minimum absolute atomic E-state index is 0.136. The van der Waals surface area contributed by atoms with E-state index < -0.39 is 0 Å². The van der Waals surface area contributed by atoms with E-state index in [1.54, 1.807) is 18.3 Å². The zero-order valence-corrected chi connectivity index (χ0v) is 13.7. The van der Waals surface area contributed by atoms with E-state index in [2.05, 4.69) is 20.5 Å². The summed E-state index contributed by atoms with van der Waals surface area (Å²) in [6.45, 7) is 0. The van der Waals surface area contributed by atoms with Gasteiger partial charge >= 0.3 is 0 Å². The summed E-state index contributed by atoms with van der Waals surface area (Å²) in [4.78, 5) is 17.2. The van der Waals surface area contributed by atoms with Gasteiger partial charge < -0.3 is 9.88 Å². The van der Waals surface area contributed by atoms with Gasteiger partial charge in [-0.1, -0.05) is 12.1 Å². The molecular weight excluding hydrogens is 321 g/mol. The van der Waals surface area contributed by atoms with Crippen LogP contribution in [0.4, 0.5) is 4.39 Å². The first-order valence-electron chi connectivity index (χ1n) is 8.21. The number of carbonyl (C=O) groups is 1. The summed E-state index contributed by atoms with van der Waals surface area (Å²) in [6.07, 6.45) is 7.21. The Kier molecular flexibility index (Phi) is 3.83. The molecule has 1 atom stereocenters. The van der Waals surface area contributed by atoms with Crippen LogP contribution in [0, 0.1) is 11.7 Å². The van der Waals surface area contributed by atoms with Crippen LogP contribution in [0.5, 0.6) is 0 Å². The lowest BCUT2D eigenvalue weighted by atomic mass is 10.1. The molecule has 0 spiro atoms. The fourth-order valence-corrected chi connectivity index (χ4v) is 3.04. The number of rotatable bonds is 5.